The molecule has 0 bridgehead atoms. The fourth-order valence-electron chi connectivity index (χ4n) is 2.77. The van der Waals surface area contributed by atoms with Crippen LogP contribution in [0.1, 0.15) is 59.3 Å². The minimum absolute atomic E-state index is 0.788. The van der Waals surface area contributed by atoms with E-state index < -0.39 is 30.6 Å². The first-order valence-electron chi connectivity index (χ1n) is 8.73. The molecule has 0 heterocycles. The monoisotopic (exact) mass is 404 g/mol. The van der Waals surface area contributed by atoms with Gasteiger partial charge >= 0.3 is 136 Å². The van der Waals surface area contributed by atoms with Crippen LogP contribution in [0.5, 0.6) is 0 Å². The summed E-state index contributed by atoms with van der Waals surface area (Å²) in [5.41, 5.74) is 0. The Morgan fingerprint density at radius 2 is 1.29 bits per heavy atom. The van der Waals surface area contributed by atoms with Crippen LogP contribution in [0.3, 0.4) is 0 Å². The molecule has 124 valence electrons. The van der Waals surface area contributed by atoms with Crippen molar-refractivity contribution in [3.05, 3.63) is 22.8 Å². The predicted molar refractivity (Wildman–Crippen MR) is 96.2 cm³/mol. The Bertz CT molecular complexity index is 267. The molecular weight excluding hydrogens is 367 g/mol. The van der Waals surface area contributed by atoms with Gasteiger partial charge in [-0.2, -0.15) is 0 Å². The van der Waals surface area contributed by atoms with Crippen molar-refractivity contribution in [1.82, 2.24) is 0 Å². The zero-order valence-corrected chi connectivity index (χ0v) is 17.2. The van der Waals surface area contributed by atoms with Crippen molar-refractivity contribution in [3.63, 3.8) is 0 Å². The van der Waals surface area contributed by atoms with Crippen molar-refractivity contribution >= 4 is 18.4 Å². The Labute approximate surface area is 136 Å². The summed E-state index contributed by atoms with van der Waals surface area (Å²) in [6, 6.07) is 0. The Morgan fingerprint density at radius 1 is 0.857 bits per heavy atom. The zero-order chi connectivity index (χ0) is 16.1. The first-order chi connectivity index (χ1) is 10.0. The van der Waals surface area contributed by atoms with E-state index in [-0.39, 0.29) is 0 Å². The van der Waals surface area contributed by atoms with Crippen LogP contribution in [0.25, 0.3) is 0 Å². The molecule has 3 heteroatoms. The van der Waals surface area contributed by atoms with Crippen molar-refractivity contribution in [2.24, 2.45) is 0 Å². The molecule has 0 saturated heterocycles. The molecule has 0 aliphatic heterocycles. The Kier molecular flexibility index (Phi) is 12.8. The van der Waals surface area contributed by atoms with E-state index in [0.29, 0.717) is 0 Å². The molecule has 21 heavy (non-hydrogen) atoms. The Morgan fingerprint density at radius 3 is 1.62 bits per heavy atom. The Balaban J connectivity index is 5.00. The fraction of sp³-hybridized carbons (Fsp3) is 0.778. The normalized spacial score (nSPS) is 15.3. The number of hydrogen-bond acceptors (Lipinski definition) is 2. The van der Waals surface area contributed by atoms with Gasteiger partial charge in [0.25, 0.3) is 0 Å². The first kappa shape index (κ1) is 21.2. The van der Waals surface area contributed by atoms with Gasteiger partial charge in [-0.05, 0) is 0 Å². The zero-order valence-electron chi connectivity index (χ0n) is 14.4. The molecule has 2 atom stereocenters. The second kappa shape index (κ2) is 12.7. The quantitative estimate of drug-likeness (QED) is 0.341. The van der Waals surface area contributed by atoms with Crippen LogP contribution in [0.2, 0.25) is 13.3 Å². The second-order valence-corrected chi connectivity index (χ2v) is 19.3. The summed E-state index contributed by atoms with van der Waals surface area (Å²) in [7, 11) is 0. The van der Waals surface area contributed by atoms with Gasteiger partial charge in [0.15, 0.2) is 0 Å². The summed E-state index contributed by atoms with van der Waals surface area (Å²) in [5, 5.41) is 19.6. The molecular formula is C18H36O2Sn. The van der Waals surface area contributed by atoms with Gasteiger partial charge in [-0.15, -0.1) is 0 Å². The topological polar surface area (TPSA) is 40.5 Å². The van der Waals surface area contributed by atoms with Crippen LogP contribution in [0.15, 0.2) is 22.8 Å². The number of aliphatic hydroxyl groups excluding tert-OH is 2. The molecule has 0 aliphatic rings. The summed E-state index contributed by atoms with van der Waals surface area (Å²) in [6.45, 7) is 10.3. The fourth-order valence-corrected chi connectivity index (χ4v) is 17.1. The van der Waals surface area contributed by atoms with Gasteiger partial charge in [-0.1, -0.05) is 0 Å². The van der Waals surface area contributed by atoms with E-state index in [9.17, 15) is 10.2 Å². The summed E-state index contributed by atoms with van der Waals surface area (Å²) in [6.07, 6.45) is 9.36. The number of unbranched alkanes of at least 4 members (excludes halogenated alkanes) is 3. The summed E-state index contributed by atoms with van der Waals surface area (Å²) < 4.78 is 6.56. The average Bonchev–Trinajstić information content (AvgIpc) is 2.52. The van der Waals surface area contributed by atoms with E-state index >= 15 is 0 Å². The third-order valence-corrected chi connectivity index (χ3v) is 18.4. The summed E-state index contributed by atoms with van der Waals surface area (Å²) in [5.74, 6) is 0. The van der Waals surface area contributed by atoms with Crippen LogP contribution in [-0.4, -0.2) is 40.8 Å². The molecule has 0 saturated carbocycles. The molecule has 0 amide bonds. The first-order valence-corrected chi connectivity index (χ1v) is 16.4. The molecule has 2 nitrogen and oxygen atoms in total. The molecule has 0 unspecified atom stereocenters. The van der Waals surface area contributed by atoms with E-state index in [1.807, 2.05) is 6.08 Å². The van der Waals surface area contributed by atoms with Crippen molar-refractivity contribution in [2.45, 2.75) is 84.8 Å². The predicted octanol–water partition coefficient (Wildman–Crippen LogP) is 4.84. The van der Waals surface area contributed by atoms with Gasteiger partial charge in [-0.25, -0.2) is 0 Å². The van der Waals surface area contributed by atoms with Crippen molar-refractivity contribution in [1.29, 1.82) is 0 Å². The minimum atomic E-state index is -2.31. The van der Waals surface area contributed by atoms with Crippen LogP contribution >= 0.6 is 0 Å². The van der Waals surface area contributed by atoms with Crippen LogP contribution in [-0.2, 0) is 0 Å². The molecule has 0 aromatic heterocycles. The molecule has 0 aromatic rings. The molecule has 0 aliphatic carbocycles. The molecule has 0 fully saturated rings. The Hall–Kier alpha value is 0.199. The van der Waals surface area contributed by atoms with Gasteiger partial charge in [0.2, 0.25) is 0 Å². The number of rotatable bonds is 13. The van der Waals surface area contributed by atoms with Crippen molar-refractivity contribution in [3.8, 4) is 0 Å². The van der Waals surface area contributed by atoms with E-state index in [1.165, 1.54) is 57.9 Å². The van der Waals surface area contributed by atoms with Gasteiger partial charge in [0.05, 0.1) is 0 Å². The third kappa shape index (κ3) is 9.04. The van der Waals surface area contributed by atoms with Crippen LogP contribution in [0, 0.1) is 0 Å². The maximum atomic E-state index is 9.98. The van der Waals surface area contributed by atoms with E-state index in [2.05, 4.69) is 31.4 Å². The van der Waals surface area contributed by atoms with E-state index in [0.717, 1.165) is 0 Å². The molecule has 0 radical (unpaired) electrons. The van der Waals surface area contributed by atoms with E-state index in [1.54, 1.807) is 0 Å². The number of aliphatic hydroxyl groups is 2. The SMILES string of the molecule is C=C[C@@H](O)[C@H](O)/C=[CH]/[Sn]([CH2]CCC)([CH2]CCC)[CH2]CCC. The van der Waals surface area contributed by atoms with Gasteiger partial charge in [0.1, 0.15) is 0 Å². The molecule has 0 aromatic carbocycles. The number of hydrogen-bond donors (Lipinski definition) is 2. The standard InChI is InChI=1S/C6H9O2.3C4H9.Sn/c1-3-5(7)6(8)4-2;3*1-3-4-2;/h1,3-8H,2H2;3*1,3-4H2,2H3;/t5-,6-;;;;/m1..../s1. The van der Waals surface area contributed by atoms with Crippen LogP contribution < -0.4 is 0 Å². The van der Waals surface area contributed by atoms with Crippen molar-refractivity contribution < 1.29 is 10.2 Å². The second-order valence-electron chi connectivity index (χ2n) is 6.25. The maximum absolute atomic E-state index is 9.98. The molecule has 0 spiro atoms. The van der Waals surface area contributed by atoms with Gasteiger partial charge < -0.3 is 0 Å². The van der Waals surface area contributed by atoms with Gasteiger partial charge in [0, 0.05) is 0 Å². The molecule has 0 rings (SSSR count). The molecule has 2 N–H and O–H groups in total. The third-order valence-electron chi connectivity index (χ3n) is 4.32. The average molecular weight is 403 g/mol. The van der Waals surface area contributed by atoms with Crippen LogP contribution in [0.4, 0.5) is 0 Å². The summed E-state index contributed by atoms with van der Waals surface area (Å²) >= 11 is -2.31. The van der Waals surface area contributed by atoms with E-state index in [4.69, 9.17) is 0 Å². The summed E-state index contributed by atoms with van der Waals surface area (Å²) in [4.78, 5) is 0. The van der Waals surface area contributed by atoms with Crippen molar-refractivity contribution in [2.75, 3.05) is 0 Å². The van der Waals surface area contributed by atoms with Gasteiger partial charge in [-0.3, -0.25) is 0 Å².